The van der Waals surface area contributed by atoms with Gasteiger partial charge in [0.1, 0.15) is 23.9 Å². The molecule has 9 heteroatoms. The van der Waals surface area contributed by atoms with Crippen LogP contribution in [-0.2, 0) is 28.5 Å². The van der Waals surface area contributed by atoms with E-state index < -0.39 is 23.9 Å². The van der Waals surface area contributed by atoms with Crippen LogP contribution in [0.4, 0.5) is 0 Å². The fraction of sp³-hybridized carbons (Fsp3) is 0.714. The Morgan fingerprint density at radius 2 is 1.97 bits per heavy atom. The quantitative estimate of drug-likeness (QED) is 0.0997. The lowest BCUT2D eigenvalue weighted by Gasteiger charge is -2.43. The third-order valence-corrected chi connectivity index (χ3v) is 8.99. The Bertz CT molecular complexity index is 914. The number of ether oxygens (including phenoxy) is 4. The van der Waals surface area contributed by atoms with Gasteiger partial charge in [0, 0.05) is 23.8 Å². The lowest BCUT2D eigenvalue weighted by Crippen LogP contribution is -2.55. The average molecular weight is 632 g/mol. The van der Waals surface area contributed by atoms with Crippen molar-refractivity contribution in [2.24, 2.45) is 5.92 Å². The van der Waals surface area contributed by atoms with Crippen LogP contribution in [0.25, 0.3) is 0 Å². The standard InChI is InChI=1S/C28H42INO7/c1-17(8-11-24-26(33)28(16-34-28)14-27(6,15-29)37-24)7-10-23-18(2)13-22(20(4)36-23)30-25(32)12-9-19(3)35-21(5)31/h7-9,11-12,18-20,22-24,26,33H,10,13-16H2,1-6H3,(H,30,32)/b11-8+,12-9-,17-7+/t18-,19-,20+,22+,23-,24+,26+,27+,28+/m0/s1. The van der Waals surface area contributed by atoms with Crippen LogP contribution in [0.15, 0.2) is 36.0 Å². The smallest absolute Gasteiger partial charge is 0.303 e. The van der Waals surface area contributed by atoms with Crippen LogP contribution in [0.5, 0.6) is 0 Å². The molecule has 3 fully saturated rings. The molecule has 0 aromatic carbocycles. The maximum absolute atomic E-state index is 12.3. The van der Waals surface area contributed by atoms with E-state index in [2.05, 4.69) is 47.8 Å². The Hall–Kier alpha value is -1.27. The van der Waals surface area contributed by atoms with Crippen molar-refractivity contribution in [3.63, 3.8) is 0 Å². The molecule has 0 unspecified atom stereocenters. The third-order valence-electron chi connectivity index (χ3n) is 7.38. The van der Waals surface area contributed by atoms with Crippen molar-refractivity contribution in [1.29, 1.82) is 0 Å². The SMILES string of the molecule is CC(=O)O[C@@H](C)/C=C\C(=O)N[C@@H]1C[C@H](C)[C@H](C/C=C(C)/C=C/[C@H]2O[C@@](C)(CI)C[C@@]3(CO3)[C@@H]2O)O[C@@H]1C. The number of allylic oxidation sites excluding steroid dienone is 2. The van der Waals surface area contributed by atoms with Gasteiger partial charge in [-0.25, -0.2) is 0 Å². The maximum Gasteiger partial charge on any atom is 0.303 e. The summed E-state index contributed by atoms with van der Waals surface area (Å²) in [6.45, 7) is 11.9. The summed E-state index contributed by atoms with van der Waals surface area (Å²) in [5.74, 6) is -0.347. The first-order valence-electron chi connectivity index (χ1n) is 13.1. The number of carbonyl (C=O) groups is 2. The molecule has 0 aromatic heterocycles. The Kier molecular flexibility index (Phi) is 10.4. The maximum atomic E-state index is 12.3. The summed E-state index contributed by atoms with van der Waals surface area (Å²) in [5, 5.41) is 13.8. The predicted molar refractivity (Wildman–Crippen MR) is 149 cm³/mol. The van der Waals surface area contributed by atoms with Gasteiger partial charge in [-0.05, 0) is 52.5 Å². The monoisotopic (exact) mass is 631 g/mol. The summed E-state index contributed by atoms with van der Waals surface area (Å²) in [6.07, 6.45) is 9.75. The van der Waals surface area contributed by atoms with E-state index in [4.69, 9.17) is 18.9 Å². The highest BCUT2D eigenvalue weighted by Gasteiger charge is 2.61. The molecule has 1 amide bonds. The van der Waals surface area contributed by atoms with Gasteiger partial charge in [-0.2, -0.15) is 0 Å². The number of halogens is 1. The van der Waals surface area contributed by atoms with Crippen molar-refractivity contribution in [2.45, 2.75) is 109 Å². The Morgan fingerprint density at radius 3 is 2.59 bits per heavy atom. The van der Waals surface area contributed by atoms with Gasteiger partial charge in [-0.15, -0.1) is 0 Å². The van der Waals surface area contributed by atoms with Crippen LogP contribution in [-0.4, -0.2) is 75.8 Å². The van der Waals surface area contributed by atoms with Gasteiger partial charge in [0.05, 0.1) is 30.5 Å². The number of rotatable bonds is 9. The third kappa shape index (κ3) is 8.36. The summed E-state index contributed by atoms with van der Waals surface area (Å²) in [7, 11) is 0. The van der Waals surface area contributed by atoms with Crippen molar-refractivity contribution in [1.82, 2.24) is 5.32 Å². The number of carbonyl (C=O) groups excluding carboxylic acids is 2. The molecule has 1 spiro atoms. The number of amides is 1. The van der Waals surface area contributed by atoms with Crippen LogP contribution in [0.1, 0.15) is 60.8 Å². The highest BCUT2D eigenvalue weighted by Crippen LogP contribution is 2.47. The lowest BCUT2D eigenvalue weighted by molar-refractivity contribution is -0.167. The molecule has 0 aliphatic carbocycles. The zero-order chi connectivity index (χ0) is 27.4. The normalized spacial score (nSPS) is 39.2. The topological polar surface area (TPSA) is 107 Å². The number of nitrogens with one attached hydrogen (secondary N) is 1. The molecule has 3 rings (SSSR count). The van der Waals surface area contributed by atoms with E-state index in [1.54, 1.807) is 13.0 Å². The fourth-order valence-corrected chi connectivity index (χ4v) is 5.59. The zero-order valence-corrected chi connectivity index (χ0v) is 24.9. The molecule has 0 saturated carbocycles. The van der Waals surface area contributed by atoms with Gasteiger partial charge in [0.15, 0.2) is 0 Å². The van der Waals surface area contributed by atoms with Crippen molar-refractivity contribution in [3.8, 4) is 0 Å². The highest BCUT2D eigenvalue weighted by molar-refractivity contribution is 14.1. The molecular weight excluding hydrogens is 589 g/mol. The van der Waals surface area contributed by atoms with E-state index >= 15 is 0 Å². The van der Waals surface area contributed by atoms with E-state index in [0.29, 0.717) is 13.0 Å². The summed E-state index contributed by atoms with van der Waals surface area (Å²) < 4.78 is 24.0. The number of aliphatic hydroxyl groups is 1. The fourth-order valence-electron chi connectivity index (χ4n) is 5.14. The Labute approximate surface area is 234 Å². The molecule has 9 atom stereocenters. The van der Waals surface area contributed by atoms with Crippen LogP contribution < -0.4 is 5.32 Å². The summed E-state index contributed by atoms with van der Waals surface area (Å²) >= 11 is 2.33. The van der Waals surface area contributed by atoms with Gasteiger partial charge < -0.3 is 29.4 Å². The van der Waals surface area contributed by atoms with Crippen LogP contribution >= 0.6 is 22.6 Å². The molecule has 3 heterocycles. The molecule has 3 aliphatic heterocycles. The van der Waals surface area contributed by atoms with E-state index in [-0.39, 0.29) is 41.6 Å². The number of epoxide rings is 1. The summed E-state index contributed by atoms with van der Waals surface area (Å²) in [5.41, 5.74) is 0.302. The largest absolute Gasteiger partial charge is 0.459 e. The molecule has 3 saturated heterocycles. The molecule has 0 bridgehead atoms. The zero-order valence-electron chi connectivity index (χ0n) is 22.7. The second kappa shape index (κ2) is 12.7. The first-order chi connectivity index (χ1) is 17.4. The number of hydrogen-bond donors (Lipinski definition) is 2. The number of hydrogen-bond acceptors (Lipinski definition) is 7. The summed E-state index contributed by atoms with van der Waals surface area (Å²) in [6, 6.07) is -0.0912. The molecule has 37 heavy (non-hydrogen) atoms. The molecule has 2 N–H and O–H groups in total. The van der Waals surface area contributed by atoms with E-state index in [9.17, 15) is 14.7 Å². The second-order valence-corrected chi connectivity index (χ2v) is 11.8. The van der Waals surface area contributed by atoms with Gasteiger partial charge in [0.2, 0.25) is 5.91 Å². The molecule has 208 valence electrons. The number of esters is 1. The van der Waals surface area contributed by atoms with Crippen molar-refractivity contribution < 1.29 is 33.6 Å². The lowest BCUT2D eigenvalue weighted by atomic mass is 9.83. The van der Waals surface area contributed by atoms with E-state index in [1.165, 1.54) is 13.0 Å². The van der Waals surface area contributed by atoms with Crippen LogP contribution in [0.2, 0.25) is 0 Å². The molecule has 8 nitrogen and oxygen atoms in total. The minimum absolute atomic E-state index is 0.0491. The average Bonchev–Trinajstić information content (AvgIpc) is 3.59. The minimum Gasteiger partial charge on any atom is -0.459 e. The molecular formula is C28H42INO7. The van der Waals surface area contributed by atoms with Gasteiger partial charge in [0.25, 0.3) is 0 Å². The number of aliphatic hydroxyl groups excluding tert-OH is 1. The first-order valence-corrected chi connectivity index (χ1v) is 14.6. The van der Waals surface area contributed by atoms with Crippen LogP contribution in [0.3, 0.4) is 0 Å². The van der Waals surface area contributed by atoms with Crippen molar-refractivity contribution in [3.05, 3.63) is 36.0 Å². The van der Waals surface area contributed by atoms with E-state index in [1.807, 2.05) is 26.0 Å². The molecule has 3 aliphatic rings. The van der Waals surface area contributed by atoms with Gasteiger partial charge in [-0.1, -0.05) is 53.3 Å². The summed E-state index contributed by atoms with van der Waals surface area (Å²) in [4.78, 5) is 23.3. The second-order valence-electron chi connectivity index (χ2n) is 11.1. The first kappa shape index (κ1) is 30.3. The van der Waals surface area contributed by atoms with Gasteiger partial charge in [-0.3, -0.25) is 9.59 Å². The van der Waals surface area contributed by atoms with Crippen LogP contribution in [0, 0.1) is 5.92 Å². The Balaban J connectivity index is 1.50. The molecule has 0 aromatic rings. The predicted octanol–water partition coefficient (Wildman–Crippen LogP) is 3.80. The van der Waals surface area contributed by atoms with Gasteiger partial charge >= 0.3 is 5.97 Å². The van der Waals surface area contributed by atoms with Crippen molar-refractivity contribution in [2.75, 3.05) is 11.0 Å². The number of alkyl halides is 1. The molecule has 0 radical (unpaired) electrons. The van der Waals surface area contributed by atoms with Crippen molar-refractivity contribution >= 4 is 34.5 Å². The van der Waals surface area contributed by atoms with E-state index in [0.717, 1.165) is 22.8 Å². The minimum atomic E-state index is -0.665. The Morgan fingerprint density at radius 1 is 1.27 bits per heavy atom. The highest BCUT2D eigenvalue weighted by atomic mass is 127.